The molecule has 0 bridgehead atoms. The maximum atomic E-state index is 12.9. The largest absolute Gasteiger partial charge is 0.342 e. The van der Waals surface area contributed by atoms with Crippen molar-refractivity contribution in [3.8, 4) is 0 Å². The van der Waals surface area contributed by atoms with Crippen LogP contribution >= 0.6 is 0 Å². The highest BCUT2D eigenvalue weighted by Gasteiger charge is 2.24. The number of pyridine rings is 1. The van der Waals surface area contributed by atoms with Crippen molar-refractivity contribution in [3.05, 3.63) is 102 Å². The molecule has 0 radical (unpaired) electrons. The third-order valence-corrected chi connectivity index (χ3v) is 9.15. The molecule has 2 amide bonds. The van der Waals surface area contributed by atoms with Crippen molar-refractivity contribution >= 4 is 38.2 Å². The van der Waals surface area contributed by atoms with Crippen molar-refractivity contribution < 1.29 is 18.0 Å². The van der Waals surface area contributed by atoms with Crippen LogP contribution in [0, 0.1) is 0 Å². The molecule has 0 saturated carbocycles. The average Bonchev–Trinajstić information content (AvgIpc) is 2.97. The van der Waals surface area contributed by atoms with Gasteiger partial charge in [0.2, 0.25) is 5.91 Å². The van der Waals surface area contributed by atoms with Gasteiger partial charge < -0.3 is 10.2 Å². The second kappa shape index (κ2) is 11.4. The van der Waals surface area contributed by atoms with Gasteiger partial charge in [0.15, 0.2) is 9.84 Å². The van der Waals surface area contributed by atoms with Crippen LogP contribution in [0.4, 0.5) is 5.69 Å². The van der Waals surface area contributed by atoms with Crippen molar-refractivity contribution in [2.24, 2.45) is 0 Å². The lowest BCUT2D eigenvalue weighted by molar-refractivity contribution is -0.131. The number of likely N-dealkylation sites (tertiary alicyclic amines) is 1. The summed E-state index contributed by atoms with van der Waals surface area (Å²) in [5.74, 6) is 0.290. The number of nitrogens with one attached hydrogen (secondary N) is 1. The number of benzene rings is 3. The molecule has 39 heavy (non-hydrogen) atoms. The van der Waals surface area contributed by atoms with Crippen LogP contribution in [0.25, 0.3) is 10.9 Å². The Morgan fingerprint density at radius 2 is 1.64 bits per heavy atom. The zero-order chi connectivity index (χ0) is 27.4. The number of aromatic nitrogens is 1. The standard InChI is InChI=1S/C31H31N3O4S/c1-2-39(37,38)26-14-8-22(9-15-26)21-30(35)34-19-16-24(17-20-34)23-10-12-25(13-11-23)33-31(36)28-5-3-7-29-27(28)6-4-18-32-29/h3-15,18,24H,2,16-17,19-21H2,1H3,(H,33,36). The molecule has 1 N–H and O–H groups in total. The summed E-state index contributed by atoms with van der Waals surface area (Å²) in [6, 6.07) is 23.8. The van der Waals surface area contributed by atoms with Gasteiger partial charge in [-0.1, -0.05) is 43.3 Å². The molecule has 1 saturated heterocycles. The molecule has 8 heteroatoms. The van der Waals surface area contributed by atoms with E-state index in [0.29, 0.717) is 29.5 Å². The molecule has 7 nitrogen and oxygen atoms in total. The highest BCUT2D eigenvalue weighted by atomic mass is 32.2. The van der Waals surface area contributed by atoms with Gasteiger partial charge in [0.25, 0.3) is 5.91 Å². The number of rotatable bonds is 7. The normalized spacial score (nSPS) is 14.3. The monoisotopic (exact) mass is 541 g/mol. The van der Waals surface area contributed by atoms with Crippen molar-refractivity contribution in [1.29, 1.82) is 0 Å². The van der Waals surface area contributed by atoms with Crippen LogP contribution in [0.3, 0.4) is 0 Å². The summed E-state index contributed by atoms with van der Waals surface area (Å²) in [7, 11) is -3.24. The molecule has 4 aromatic rings. The zero-order valence-electron chi connectivity index (χ0n) is 21.8. The molecule has 5 rings (SSSR count). The predicted octanol–water partition coefficient (Wildman–Crippen LogP) is 5.23. The summed E-state index contributed by atoms with van der Waals surface area (Å²) in [4.78, 5) is 32.3. The Hall–Kier alpha value is -4.04. The van der Waals surface area contributed by atoms with Gasteiger partial charge in [0.1, 0.15) is 0 Å². The Kier molecular flexibility index (Phi) is 7.74. The number of fused-ring (bicyclic) bond motifs is 1. The first-order valence-electron chi connectivity index (χ1n) is 13.2. The van der Waals surface area contributed by atoms with Crippen LogP contribution in [0.15, 0.2) is 90.0 Å². The smallest absolute Gasteiger partial charge is 0.256 e. The van der Waals surface area contributed by atoms with E-state index in [1.54, 1.807) is 43.5 Å². The van der Waals surface area contributed by atoms with Gasteiger partial charge >= 0.3 is 0 Å². The lowest BCUT2D eigenvalue weighted by atomic mass is 9.89. The molecule has 0 unspecified atom stereocenters. The van der Waals surface area contributed by atoms with Crippen molar-refractivity contribution in [2.75, 3.05) is 24.2 Å². The number of hydrogen-bond acceptors (Lipinski definition) is 5. The number of amides is 2. The predicted molar refractivity (Wildman–Crippen MR) is 153 cm³/mol. The fourth-order valence-corrected chi connectivity index (χ4v) is 5.95. The summed E-state index contributed by atoms with van der Waals surface area (Å²) in [6.45, 7) is 2.98. The summed E-state index contributed by atoms with van der Waals surface area (Å²) < 4.78 is 24.0. The molecule has 0 spiro atoms. The fourth-order valence-electron chi connectivity index (χ4n) is 5.07. The number of hydrogen-bond donors (Lipinski definition) is 1. The Morgan fingerprint density at radius 3 is 2.33 bits per heavy atom. The van der Waals surface area contributed by atoms with Gasteiger partial charge in [0, 0.05) is 35.9 Å². The summed E-state index contributed by atoms with van der Waals surface area (Å²) in [5.41, 5.74) is 4.11. The number of piperidine rings is 1. The van der Waals surface area contributed by atoms with Crippen LogP contribution in [0.1, 0.15) is 47.2 Å². The van der Waals surface area contributed by atoms with Crippen LogP contribution in [-0.4, -0.2) is 49.0 Å². The van der Waals surface area contributed by atoms with Crippen molar-refractivity contribution in [3.63, 3.8) is 0 Å². The van der Waals surface area contributed by atoms with E-state index >= 15 is 0 Å². The molecule has 1 aliphatic heterocycles. The first-order chi connectivity index (χ1) is 18.8. The minimum atomic E-state index is -3.24. The van der Waals surface area contributed by atoms with Gasteiger partial charge in [0.05, 0.1) is 22.6 Å². The maximum absolute atomic E-state index is 12.9. The third-order valence-electron chi connectivity index (χ3n) is 7.40. The van der Waals surface area contributed by atoms with E-state index < -0.39 is 9.84 Å². The molecular weight excluding hydrogens is 510 g/mol. The first kappa shape index (κ1) is 26.6. The quantitative estimate of drug-likeness (QED) is 0.346. The van der Waals surface area contributed by atoms with E-state index in [4.69, 9.17) is 0 Å². The summed E-state index contributed by atoms with van der Waals surface area (Å²) in [6.07, 6.45) is 3.71. The summed E-state index contributed by atoms with van der Waals surface area (Å²) >= 11 is 0. The fraction of sp³-hybridized carbons (Fsp3) is 0.258. The minimum absolute atomic E-state index is 0.0562. The van der Waals surface area contributed by atoms with Gasteiger partial charge in [-0.2, -0.15) is 0 Å². The Morgan fingerprint density at radius 1 is 0.923 bits per heavy atom. The van der Waals surface area contributed by atoms with Crippen LogP contribution in [0.2, 0.25) is 0 Å². The zero-order valence-corrected chi connectivity index (χ0v) is 22.7. The number of nitrogens with zero attached hydrogens (tertiary/aromatic N) is 2. The van der Waals surface area contributed by atoms with E-state index in [9.17, 15) is 18.0 Å². The third kappa shape index (κ3) is 6.01. The topological polar surface area (TPSA) is 96.4 Å². The maximum Gasteiger partial charge on any atom is 0.256 e. The SMILES string of the molecule is CCS(=O)(=O)c1ccc(CC(=O)N2CCC(c3ccc(NC(=O)c4cccc5ncccc45)cc3)CC2)cc1. The second-order valence-corrected chi connectivity index (χ2v) is 12.1. The van der Waals surface area contributed by atoms with E-state index in [0.717, 1.165) is 35.0 Å². The molecule has 1 fully saturated rings. The van der Waals surface area contributed by atoms with Gasteiger partial charge in [-0.15, -0.1) is 0 Å². The number of anilines is 1. The highest BCUT2D eigenvalue weighted by Crippen LogP contribution is 2.29. The van der Waals surface area contributed by atoms with Crippen LogP contribution < -0.4 is 5.32 Å². The Labute approximate surface area is 228 Å². The van der Waals surface area contributed by atoms with Gasteiger partial charge in [-0.3, -0.25) is 14.6 Å². The van der Waals surface area contributed by atoms with E-state index in [1.165, 1.54) is 5.56 Å². The number of carbonyl (C=O) groups is 2. The van der Waals surface area contributed by atoms with Gasteiger partial charge in [-0.25, -0.2) is 8.42 Å². The lowest BCUT2D eigenvalue weighted by Crippen LogP contribution is -2.38. The van der Waals surface area contributed by atoms with Crippen molar-refractivity contribution in [2.45, 2.75) is 37.0 Å². The molecule has 200 valence electrons. The van der Waals surface area contributed by atoms with E-state index in [1.807, 2.05) is 53.4 Å². The highest BCUT2D eigenvalue weighted by molar-refractivity contribution is 7.91. The molecule has 3 aromatic carbocycles. The van der Waals surface area contributed by atoms with E-state index in [2.05, 4.69) is 10.3 Å². The van der Waals surface area contributed by atoms with Crippen LogP contribution in [0.5, 0.6) is 0 Å². The first-order valence-corrected chi connectivity index (χ1v) is 14.8. The molecule has 1 aliphatic rings. The average molecular weight is 542 g/mol. The summed E-state index contributed by atoms with van der Waals surface area (Å²) in [5, 5.41) is 3.80. The number of sulfone groups is 1. The molecule has 1 aromatic heterocycles. The molecule has 0 atom stereocenters. The Bertz CT molecular complexity index is 1590. The van der Waals surface area contributed by atoms with E-state index in [-0.39, 0.29) is 24.0 Å². The molecular formula is C31H31N3O4S. The minimum Gasteiger partial charge on any atom is -0.342 e. The number of carbonyl (C=O) groups excluding carboxylic acids is 2. The van der Waals surface area contributed by atoms with Gasteiger partial charge in [-0.05, 0) is 72.4 Å². The van der Waals surface area contributed by atoms with Crippen LogP contribution in [-0.2, 0) is 21.1 Å². The lowest BCUT2D eigenvalue weighted by Gasteiger charge is -2.32. The molecule has 0 aliphatic carbocycles. The Balaban J connectivity index is 1.15. The second-order valence-electron chi connectivity index (χ2n) is 9.83. The van der Waals surface area contributed by atoms with Crippen molar-refractivity contribution in [1.82, 2.24) is 9.88 Å². The molecule has 2 heterocycles.